The van der Waals surface area contributed by atoms with Gasteiger partial charge in [-0.1, -0.05) is 18.2 Å². The van der Waals surface area contributed by atoms with Crippen LogP contribution in [0, 0.1) is 13.8 Å². The molecule has 1 aromatic rings. The minimum atomic E-state index is -0.0739. The second-order valence-electron chi connectivity index (χ2n) is 4.65. The fourth-order valence-corrected chi connectivity index (χ4v) is 1.93. The predicted molar refractivity (Wildman–Crippen MR) is 70.9 cm³/mol. The SMILES string of the molecule is Cc1cccc(C)c1CCNC(=O)CC(C)N. The molecule has 1 aromatic carbocycles. The number of nitrogens with one attached hydrogen (secondary N) is 1. The summed E-state index contributed by atoms with van der Waals surface area (Å²) >= 11 is 0. The molecule has 1 unspecified atom stereocenters. The van der Waals surface area contributed by atoms with Gasteiger partial charge in [-0.3, -0.25) is 4.79 Å². The first kappa shape index (κ1) is 13.7. The first-order valence-corrected chi connectivity index (χ1v) is 6.08. The number of rotatable bonds is 5. The van der Waals surface area contributed by atoms with Crippen LogP contribution in [-0.2, 0) is 11.2 Å². The van der Waals surface area contributed by atoms with Gasteiger partial charge in [0.25, 0.3) is 0 Å². The van der Waals surface area contributed by atoms with Crippen LogP contribution >= 0.6 is 0 Å². The fourth-order valence-electron chi connectivity index (χ4n) is 1.93. The van der Waals surface area contributed by atoms with Crippen molar-refractivity contribution in [2.24, 2.45) is 5.73 Å². The lowest BCUT2D eigenvalue weighted by Crippen LogP contribution is -2.31. The smallest absolute Gasteiger partial charge is 0.221 e. The number of carbonyl (C=O) groups excluding carboxylic acids is 1. The molecule has 0 aliphatic carbocycles. The Balaban J connectivity index is 2.43. The van der Waals surface area contributed by atoms with Crippen LogP contribution in [0.15, 0.2) is 18.2 Å². The highest BCUT2D eigenvalue weighted by Crippen LogP contribution is 2.13. The molecule has 3 nitrogen and oxygen atoms in total. The molecule has 3 N–H and O–H groups in total. The third-order valence-electron chi connectivity index (χ3n) is 2.85. The van der Waals surface area contributed by atoms with Crippen molar-refractivity contribution in [1.82, 2.24) is 5.32 Å². The number of hydrogen-bond donors (Lipinski definition) is 2. The van der Waals surface area contributed by atoms with Crippen LogP contribution in [-0.4, -0.2) is 18.5 Å². The van der Waals surface area contributed by atoms with Crippen LogP contribution in [0.2, 0.25) is 0 Å². The van der Waals surface area contributed by atoms with E-state index < -0.39 is 0 Å². The molecule has 0 fully saturated rings. The molecule has 0 saturated heterocycles. The number of hydrogen-bond acceptors (Lipinski definition) is 2. The molecule has 1 atom stereocenters. The Morgan fingerprint density at radius 3 is 2.47 bits per heavy atom. The minimum Gasteiger partial charge on any atom is -0.356 e. The molecule has 0 heterocycles. The summed E-state index contributed by atoms with van der Waals surface area (Å²) in [5.41, 5.74) is 9.46. The molecule has 1 amide bonds. The van der Waals surface area contributed by atoms with Gasteiger partial charge in [-0.2, -0.15) is 0 Å². The lowest BCUT2D eigenvalue weighted by molar-refractivity contribution is -0.121. The highest BCUT2D eigenvalue weighted by Gasteiger charge is 2.05. The van der Waals surface area contributed by atoms with Gasteiger partial charge < -0.3 is 11.1 Å². The molecule has 17 heavy (non-hydrogen) atoms. The second-order valence-corrected chi connectivity index (χ2v) is 4.65. The van der Waals surface area contributed by atoms with E-state index in [1.807, 2.05) is 6.92 Å². The number of amides is 1. The van der Waals surface area contributed by atoms with Crippen molar-refractivity contribution in [3.63, 3.8) is 0 Å². The van der Waals surface area contributed by atoms with Gasteiger partial charge in [-0.15, -0.1) is 0 Å². The van der Waals surface area contributed by atoms with E-state index in [1.165, 1.54) is 16.7 Å². The molecule has 0 aromatic heterocycles. The maximum Gasteiger partial charge on any atom is 0.221 e. The molecule has 0 radical (unpaired) electrons. The molecular weight excluding hydrogens is 212 g/mol. The summed E-state index contributed by atoms with van der Waals surface area (Å²) in [5, 5.41) is 2.90. The molecule has 0 aliphatic heterocycles. The zero-order valence-electron chi connectivity index (χ0n) is 10.9. The summed E-state index contributed by atoms with van der Waals surface area (Å²) < 4.78 is 0. The highest BCUT2D eigenvalue weighted by molar-refractivity contribution is 5.76. The third kappa shape index (κ3) is 4.57. The van der Waals surface area contributed by atoms with Crippen molar-refractivity contribution >= 4 is 5.91 Å². The molecular formula is C14H22N2O. The normalized spacial score (nSPS) is 12.2. The average molecular weight is 234 g/mol. The number of nitrogens with two attached hydrogens (primary N) is 1. The summed E-state index contributed by atoms with van der Waals surface area (Å²) in [6, 6.07) is 6.19. The lowest BCUT2D eigenvalue weighted by Gasteiger charge is -2.11. The molecule has 94 valence electrons. The summed E-state index contributed by atoms with van der Waals surface area (Å²) in [6.45, 7) is 6.72. The van der Waals surface area contributed by atoms with Gasteiger partial charge >= 0.3 is 0 Å². The summed E-state index contributed by atoms with van der Waals surface area (Å²) in [6.07, 6.45) is 1.27. The van der Waals surface area contributed by atoms with Gasteiger partial charge in [-0.05, 0) is 43.9 Å². The van der Waals surface area contributed by atoms with Gasteiger partial charge in [0.1, 0.15) is 0 Å². The van der Waals surface area contributed by atoms with Gasteiger partial charge in [0.05, 0.1) is 0 Å². The van der Waals surface area contributed by atoms with E-state index in [9.17, 15) is 4.79 Å². The topological polar surface area (TPSA) is 55.1 Å². The van der Waals surface area contributed by atoms with Crippen LogP contribution < -0.4 is 11.1 Å². The summed E-state index contributed by atoms with van der Waals surface area (Å²) in [4.78, 5) is 11.4. The Bertz CT molecular complexity index is 366. The van der Waals surface area contributed by atoms with Gasteiger partial charge in [0, 0.05) is 19.0 Å². The van der Waals surface area contributed by atoms with Crippen molar-refractivity contribution < 1.29 is 4.79 Å². The first-order chi connectivity index (χ1) is 8.00. The monoisotopic (exact) mass is 234 g/mol. The van der Waals surface area contributed by atoms with E-state index in [-0.39, 0.29) is 11.9 Å². The number of aryl methyl sites for hydroxylation is 2. The molecule has 0 saturated carbocycles. The molecule has 0 spiro atoms. The van der Waals surface area contributed by atoms with E-state index in [0.717, 1.165) is 6.42 Å². The van der Waals surface area contributed by atoms with E-state index in [4.69, 9.17) is 5.73 Å². The molecule has 0 aliphatic rings. The minimum absolute atomic E-state index is 0.0336. The first-order valence-electron chi connectivity index (χ1n) is 6.08. The van der Waals surface area contributed by atoms with E-state index in [1.54, 1.807) is 0 Å². The van der Waals surface area contributed by atoms with Crippen LogP contribution in [0.25, 0.3) is 0 Å². The maximum atomic E-state index is 11.4. The van der Waals surface area contributed by atoms with Crippen molar-refractivity contribution in [2.75, 3.05) is 6.54 Å². The quantitative estimate of drug-likeness (QED) is 0.814. The predicted octanol–water partition coefficient (Wildman–Crippen LogP) is 1.70. The van der Waals surface area contributed by atoms with Crippen LogP contribution in [0.4, 0.5) is 0 Å². The average Bonchev–Trinajstić information content (AvgIpc) is 2.21. The molecule has 0 bridgehead atoms. The largest absolute Gasteiger partial charge is 0.356 e. The van der Waals surface area contributed by atoms with Crippen LogP contribution in [0.5, 0.6) is 0 Å². The van der Waals surface area contributed by atoms with Crippen molar-refractivity contribution in [3.05, 3.63) is 34.9 Å². The standard InChI is InChI=1S/C14H22N2O/c1-10-5-4-6-11(2)13(10)7-8-16-14(17)9-12(3)15/h4-6,12H,7-9,15H2,1-3H3,(H,16,17). The van der Waals surface area contributed by atoms with Crippen LogP contribution in [0.1, 0.15) is 30.0 Å². The maximum absolute atomic E-state index is 11.4. The summed E-state index contributed by atoms with van der Waals surface area (Å²) in [5.74, 6) is 0.0336. The Hall–Kier alpha value is -1.35. The zero-order valence-corrected chi connectivity index (χ0v) is 10.9. The number of carbonyl (C=O) groups is 1. The summed E-state index contributed by atoms with van der Waals surface area (Å²) in [7, 11) is 0. The Morgan fingerprint density at radius 2 is 1.94 bits per heavy atom. The Kier molecular flexibility index (Phi) is 5.16. The highest BCUT2D eigenvalue weighted by atomic mass is 16.1. The zero-order chi connectivity index (χ0) is 12.8. The molecule has 3 heteroatoms. The van der Waals surface area contributed by atoms with Crippen molar-refractivity contribution in [2.45, 2.75) is 39.7 Å². The Labute approximate surface area is 103 Å². The van der Waals surface area contributed by atoms with Gasteiger partial charge in [0.2, 0.25) is 5.91 Å². The Morgan fingerprint density at radius 1 is 1.35 bits per heavy atom. The molecule has 1 rings (SSSR count). The second kappa shape index (κ2) is 6.40. The van der Waals surface area contributed by atoms with E-state index >= 15 is 0 Å². The third-order valence-corrected chi connectivity index (χ3v) is 2.85. The van der Waals surface area contributed by atoms with Gasteiger partial charge in [0.15, 0.2) is 0 Å². The van der Waals surface area contributed by atoms with Crippen molar-refractivity contribution in [1.29, 1.82) is 0 Å². The fraction of sp³-hybridized carbons (Fsp3) is 0.500. The van der Waals surface area contributed by atoms with E-state index in [0.29, 0.717) is 13.0 Å². The van der Waals surface area contributed by atoms with Crippen molar-refractivity contribution in [3.8, 4) is 0 Å². The lowest BCUT2D eigenvalue weighted by atomic mass is 10.0. The van der Waals surface area contributed by atoms with Gasteiger partial charge in [-0.25, -0.2) is 0 Å². The van der Waals surface area contributed by atoms with Crippen LogP contribution in [0.3, 0.4) is 0 Å². The van der Waals surface area contributed by atoms with E-state index in [2.05, 4.69) is 37.4 Å². The number of benzene rings is 1.